The van der Waals surface area contributed by atoms with Crippen molar-refractivity contribution in [2.75, 3.05) is 5.75 Å². The summed E-state index contributed by atoms with van der Waals surface area (Å²) in [6, 6.07) is 5.62. The maximum absolute atomic E-state index is 11.7. The lowest BCUT2D eigenvalue weighted by atomic mass is 9.81. The zero-order valence-electron chi connectivity index (χ0n) is 9.13. The third-order valence-corrected chi connectivity index (χ3v) is 4.12. The van der Waals surface area contributed by atoms with E-state index < -0.39 is 17.0 Å². The number of unbranched alkanes of at least 4 members (excludes halogenated alkanes) is 1. The van der Waals surface area contributed by atoms with Crippen molar-refractivity contribution in [2.45, 2.75) is 24.7 Å². The average molecular weight is 242 g/mol. The van der Waals surface area contributed by atoms with E-state index in [1.807, 2.05) is 6.92 Å². The van der Waals surface area contributed by atoms with Crippen molar-refractivity contribution in [1.29, 1.82) is 0 Å². The van der Waals surface area contributed by atoms with E-state index >= 15 is 0 Å². The van der Waals surface area contributed by atoms with Gasteiger partial charge in [0.25, 0.3) is 0 Å². The summed E-state index contributed by atoms with van der Waals surface area (Å²) in [5, 5.41) is 17.7. The molecule has 1 rings (SSSR count). The van der Waals surface area contributed by atoms with Gasteiger partial charge in [0.05, 0.1) is 10.6 Å². The largest absolute Gasteiger partial charge is 0.488 e. The third-order valence-electron chi connectivity index (χ3n) is 2.30. The summed E-state index contributed by atoms with van der Waals surface area (Å²) in [6.07, 6.45) is 1.46. The van der Waals surface area contributed by atoms with Gasteiger partial charge in [-0.05, 0) is 24.0 Å². The van der Waals surface area contributed by atoms with E-state index in [4.69, 9.17) is 10.0 Å². The summed E-state index contributed by atoms with van der Waals surface area (Å²) in [6.45, 7) is 1.93. The fourth-order valence-corrected chi connectivity index (χ4v) is 2.75. The highest BCUT2D eigenvalue weighted by Gasteiger charge is 2.15. The maximum Gasteiger partial charge on any atom is 0.488 e. The summed E-state index contributed by atoms with van der Waals surface area (Å²) in [5.41, 5.74) is 0.287. The van der Waals surface area contributed by atoms with Gasteiger partial charge in [-0.2, -0.15) is 0 Å². The van der Waals surface area contributed by atoms with Gasteiger partial charge in [0.1, 0.15) is 0 Å². The highest BCUT2D eigenvalue weighted by Crippen LogP contribution is 2.11. The minimum Gasteiger partial charge on any atom is -0.423 e. The van der Waals surface area contributed by atoms with E-state index in [9.17, 15) is 8.42 Å². The van der Waals surface area contributed by atoms with E-state index in [2.05, 4.69) is 0 Å². The Morgan fingerprint density at radius 1 is 1.19 bits per heavy atom. The Bertz CT molecular complexity index is 425. The summed E-state index contributed by atoms with van der Waals surface area (Å²) in [4.78, 5) is 0.227. The molecule has 0 fully saturated rings. The first-order chi connectivity index (χ1) is 7.47. The standard InChI is InChI=1S/C10H15BO4S/c1-2-3-8-16(14,15)10-6-4-9(5-7-10)11(12)13/h4-7,12-13H,2-3,8H2,1H3. The van der Waals surface area contributed by atoms with Gasteiger partial charge < -0.3 is 10.0 Å². The van der Waals surface area contributed by atoms with E-state index in [0.29, 0.717) is 6.42 Å². The van der Waals surface area contributed by atoms with Crippen molar-refractivity contribution in [3.8, 4) is 0 Å². The van der Waals surface area contributed by atoms with Crippen LogP contribution in [0.3, 0.4) is 0 Å². The molecule has 0 radical (unpaired) electrons. The Hall–Kier alpha value is -0.845. The molecule has 0 aliphatic rings. The molecule has 6 heteroatoms. The number of rotatable bonds is 5. The zero-order valence-corrected chi connectivity index (χ0v) is 9.94. The maximum atomic E-state index is 11.7. The van der Waals surface area contributed by atoms with Gasteiger partial charge >= 0.3 is 7.12 Å². The normalized spacial score (nSPS) is 11.4. The Kier molecular flexibility index (Phi) is 4.52. The molecule has 88 valence electrons. The molecular weight excluding hydrogens is 227 g/mol. The Morgan fingerprint density at radius 2 is 1.75 bits per heavy atom. The Balaban J connectivity index is 2.89. The van der Waals surface area contributed by atoms with Crippen molar-refractivity contribution < 1.29 is 18.5 Å². The second-order valence-electron chi connectivity index (χ2n) is 3.62. The van der Waals surface area contributed by atoms with Crippen LogP contribution in [-0.2, 0) is 9.84 Å². The van der Waals surface area contributed by atoms with E-state index in [-0.39, 0.29) is 16.1 Å². The number of benzene rings is 1. The molecule has 0 heterocycles. The summed E-state index contributed by atoms with van der Waals surface area (Å²) in [5.74, 6) is 0.129. The lowest BCUT2D eigenvalue weighted by Crippen LogP contribution is -2.29. The van der Waals surface area contributed by atoms with Crippen LogP contribution in [0.5, 0.6) is 0 Å². The highest BCUT2D eigenvalue weighted by molar-refractivity contribution is 7.91. The Labute approximate surface area is 96.0 Å². The van der Waals surface area contributed by atoms with Crippen LogP contribution in [0.4, 0.5) is 0 Å². The monoisotopic (exact) mass is 242 g/mol. The van der Waals surface area contributed by atoms with E-state index in [1.165, 1.54) is 24.3 Å². The number of sulfone groups is 1. The molecule has 1 aromatic carbocycles. The van der Waals surface area contributed by atoms with Gasteiger partial charge in [-0.25, -0.2) is 8.42 Å². The quantitative estimate of drug-likeness (QED) is 0.709. The molecule has 0 aromatic heterocycles. The first-order valence-electron chi connectivity index (χ1n) is 5.16. The topological polar surface area (TPSA) is 74.6 Å². The minimum absolute atomic E-state index is 0.129. The molecule has 0 saturated carbocycles. The van der Waals surface area contributed by atoms with Crippen molar-refractivity contribution in [1.82, 2.24) is 0 Å². The molecule has 0 bridgehead atoms. The fourth-order valence-electron chi connectivity index (χ4n) is 1.30. The van der Waals surface area contributed by atoms with Gasteiger partial charge in [0, 0.05) is 0 Å². The lowest BCUT2D eigenvalue weighted by Gasteiger charge is -2.04. The summed E-state index contributed by atoms with van der Waals surface area (Å²) in [7, 11) is -4.79. The second-order valence-corrected chi connectivity index (χ2v) is 5.72. The molecule has 0 aliphatic carbocycles. The van der Waals surface area contributed by atoms with Crippen LogP contribution in [0.15, 0.2) is 29.2 Å². The van der Waals surface area contributed by atoms with Gasteiger partial charge in [-0.15, -0.1) is 0 Å². The van der Waals surface area contributed by atoms with Crippen molar-refractivity contribution in [3.63, 3.8) is 0 Å². The SMILES string of the molecule is CCCCS(=O)(=O)c1ccc(B(O)O)cc1. The lowest BCUT2D eigenvalue weighted by molar-refractivity contribution is 0.425. The average Bonchev–Trinajstić information content (AvgIpc) is 2.26. The first kappa shape index (κ1) is 13.2. The molecule has 0 atom stereocenters. The van der Waals surface area contributed by atoms with E-state index in [1.54, 1.807) is 0 Å². The second kappa shape index (κ2) is 5.47. The summed E-state index contributed by atoms with van der Waals surface area (Å²) >= 11 is 0. The smallest absolute Gasteiger partial charge is 0.423 e. The molecule has 16 heavy (non-hydrogen) atoms. The minimum atomic E-state index is -3.23. The molecule has 0 spiro atoms. The van der Waals surface area contributed by atoms with Gasteiger partial charge in [-0.3, -0.25) is 0 Å². The predicted octanol–water partition coefficient (Wildman–Crippen LogP) is -0.0598. The van der Waals surface area contributed by atoms with Crippen LogP contribution in [0.25, 0.3) is 0 Å². The number of hydrogen-bond donors (Lipinski definition) is 2. The van der Waals surface area contributed by atoms with Gasteiger partial charge in [0.15, 0.2) is 9.84 Å². The van der Waals surface area contributed by atoms with Crippen LogP contribution in [-0.4, -0.2) is 31.3 Å². The van der Waals surface area contributed by atoms with Crippen LogP contribution in [0, 0.1) is 0 Å². The van der Waals surface area contributed by atoms with Crippen molar-refractivity contribution in [2.24, 2.45) is 0 Å². The molecule has 4 nitrogen and oxygen atoms in total. The van der Waals surface area contributed by atoms with Crippen molar-refractivity contribution in [3.05, 3.63) is 24.3 Å². The predicted molar refractivity (Wildman–Crippen MR) is 63.2 cm³/mol. The van der Waals surface area contributed by atoms with Crippen LogP contribution >= 0.6 is 0 Å². The van der Waals surface area contributed by atoms with Crippen LogP contribution < -0.4 is 5.46 Å². The Morgan fingerprint density at radius 3 is 2.19 bits per heavy atom. The third kappa shape index (κ3) is 3.33. The molecule has 2 N–H and O–H groups in total. The molecular formula is C10H15BO4S. The van der Waals surface area contributed by atoms with Gasteiger partial charge in [-0.1, -0.05) is 25.5 Å². The molecule has 1 aromatic rings. The zero-order chi connectivity index (χ0) is 12.2. The fraction of sp³-hybridized carbons (Fsp3) is 0.400. The molecule has 0 aliphatic heterocycles. The van der Waals surface area contributed by atoms with E-state index in [0.717, 1.165) is 6.42 Å². The highest BCUT2D eigenvalue weighted by atomic mass is 32.2. The van der Waals surface area contributed by atoms with Crippen molar-refractivity contribution >= 4 is 22.4 Å². The molecule has 0 unspecified atom stereocenters. The number of hydrogen-bond acceptors (Lipinski definition) is 4. The first-order valence-corrected chi connectivity index (χ1v) is 6.81. The van der Waals surface area contributed by atoms with Crippen LogP contribution in [0.1, 0.15) is 19.8 Å². The van der Waals surface area contributed by atoms with Crippen LogP contribution in [0.2, 0.25) is 0 Å². The molecule has 0 amide bonds. The van der Waals surface area contributed by atoms with Gasteiger partial charge in [0.2, 0.25) is 0 Å². The summed E-state index contributed by atoms with van der Waals surface area (Å²) < 4.78 is 23.5. The molecule has 0 saturated heterocycles.